The van der Waals surface area contributed by atoms with Gasteiger partial charge in [0.1, 0.15) is 5.75 Å². The lowest BCUT2D eigenvalue weighted by Crippen LogP contribution is -2.50. The zero-order valence-electron chi connectivity index (χ0n) is 11.6. The van der Waals surface area contributed by atoms with Gasteiger partial charge < -0.3 is 15.8 Å². The molecule has 1 saturated carbocycles. The van der Waals surface area contributed by atoms with Crippen LogP contribution in [0.2, 0.25) is 0 Å². The van der Waals surface area contributed by atoms with E-state index in [1.54, 1.807) is 7.11 Å². The normalized spacial score (nSPS) is 18.3. The monoisotopic (exact) mass is 262 g/mol. The van der Waals surface area contributed by atoms with Crippen molar-refractivity contribution in [3.05, 3.63) is 29.8 Å². The first-order chi connectivity index (χ1) is 9.02. The summed E-state index contributed by atoms with van der Waals surface area (Å²) in [4.78, 5) is 12.0. The van der Waals surface area contributed by atoms with E-state index in [9.17, 15) is 4.79 Å². The minimum Gasteiger partial charge on any atom is -0.497 e. The van der Waals surface area contributed by atoms with Crippen molar-refractivity contribution in [2.45, 2.75) is 44.2 Å². The molecule has 19 heavy (non-hydrogen) atoms. The van der Waals surface area contributed by atoms with Crippen LogP contribution in [0.25, 0.3) is 0 Å². The molecule has 1 amide bonds. The van der Waals surface area contributed by atoms with Crippen LogP contribution < -0.4 is 15.8 Å². The topological polar surface area (TPSA) is 64.3 Å². The van der Waals surface area contributed by atoms with Gasteiger partial charge in [0.05, 0.1) is 13.2 Å². The van der Waals surface area contributed by atoms with Crippen LogP contribution in [0.1, 0.15) is 44.2 Å². The van der Waals surface area contributed by atoms with E-state index in [0.717, 1.165) is 30.6 Å². The molecule has 0 unspecified atom stereocenters. The van der Waals surface area contributed by atoms with Crippen LogP contribution in [0.4, 0.5) is 0 Å². The molecule has 0 heterocycles. The molecule has 0 aromatic heterocycles. The summed E-state index contributed by atoms with van der Waals surface area (Å²) in [5.41, 5.74) is 6.85. The molecular formula is C15H22N2O2. The van der Waals surface area contributed by atoms with Crippen molar-refractivity contribution in [2.75, 3.05) is 7.11 Å². The third-order valence-electron chi connectivity index (χ3n) is 3.83. The minimum absolute atomic E-state index is 0.0255. The Hall–Kier alpha value is -1.55. The number of hydrogen-bond donors (Lipinski definition) is 2. The molecule has 4 heteroatoms. The number of amides is 1. The average Bonchev–Trinajstić information content (AvgIpc) is 2.36. The van der Waals surface area contributed by atoms with Gasteiger partial charge in [-0.05, 0) is 43.9 Å². The third-order valence-corrected chi connectivity index (χ3v) is 3.83. The molecule has 0 aliphatic heterocycles. The van der Waals surface area contributed by atoms with Gasteiger partial charge in [-0.2, -0.15) is 0 Å². The maximum atomic E-state index is 12.0. The summed E-state index contributed by atoms with van der Waals surface area (Å²) in [6.07, 6.45) is 3.46. The first kappa shape index (κ1) is 13.9. The zero-order valence-corrected chi connectivity index (χ0v) is 11.6. The lowest BCUT2D eigenvalue weighted by atomic mass is 9.75. The van der Waals surface area contributed by atoms with E-state index in [0.29, 0.717) is 6.42 Å². The lowest BCUT2D eigenvalue weighted by molar-refractivity contribution is -0.123. The summed E-state index contributed by atoms with van der Waals surface area (Å²) >= 11 is 0. The summed E-state index contributed by atoms with van der Waals surface area (Å²) in [7, 11) is 1.64. The van der Waals surface area contributed by atoms with Gasteiger partial charge in [-0.1, -0.05) is 12.1 Å². The summed E-state index contributed by atoms with van der Waals surface area (Å²) in [5, 5.41) is 3.00. The maximum Gasteiger partial charge on any atom is 0.222 e. The van der Waals surface area contributed by atoms with Gasteiger partial charge in [-0.25, -0.2) is 0 Å². The van der Waals surface area contributed by atoms with E-state index < -0.39 is 0 Å². The third kappa shape index (κ3) is 3.47. The molecule has 1 aromatic rings. The quantitative estimate of drug-likeness (QED) is 0.854. The van der Waals surface area contributed by atoms with Crippen molar-refractivity contribution in [2.24, 2.45) is 5.73 Å². The number of ether oxygens (including phenoxy) is 1. The molecule has 0 bridgehead atoms. The van der Waals surface area contributed by atoms with Crippen molar-refractivity contribution in [1.29, 1.82) is 0 Å². The molecule has 3 N–H and O–H groups in total. The van der Waals surface area contributed by atoms with Gasteiger partial charge in [0, 0.05) is 12.0 Å². The molecule has 0 spiro atoms. The van der Waals surface area contributed by atoms with E-state index in [2.05, 4.69) is 5.32 Å². The summed E-state index contributed by atoms with van der Waals surface area (Å²) in [6, 6.07) is 7.70. The molecule has 0 saturated heterocycles. The van der Waals surface area contributed by atoms with Gasteiger partial charge in [-0.15, -0.1) is 0 Å². The van der Waals surface area contributed by atoms with Gasteiger partial charge in [0.25, 0.3) is 0 Å². The molecule has 1 atom stereocenters. The van der Waals surface area contributed by atoms with Crippen LogP contribution in [0.5, 0.6) is 5.75 Å². The first-order valence-corrected chi connectivity index (χ1v) is 6.75. The molecule has 1 fully saturated rings. The zero-order chi connectivity index (χ0) is 13.9. The number of nitrogens with one attached hydrogen (secondary N) is 1. The lowest BCUT2D eigenvalue weighted by Gasteiger charge is -2.37. The van der Waals surface area contributed by atoms with Crippen molar-refractivity contribution in [1.82, 2.24) is 5.32 Å². The minimum atomic E-state index is -0.266. The van der Waals surface area contributed by atoms with Crippen molar-refractivity contribution in [3.8, 4) is 5.75 Å². The highest BCUT2D eigenvalue weighted by Gasteiger charge is 2.34. The Bertz CT molecular complexity index is 455. The SMILES string of the molecule is COc1cccc([C@H](C)NC(=O)CC2(N)CCC2)c1. The molecule has 4 nitrogen and oxygen atoms in total. The fraction of sp³-hybridized carbons (Fsp3) is 0.533. The summed E-state index contributed by atoms with van der Waals surface area (Å²) in [6.45, 7) is 1.97. The standard InChI is InChI=1S/C15H22N2O2/c1-11(12-5-3-6-13(9-12)19-2)17-14(18)10-15(16)7-4-8-15/h3,5-6,9,11H,4,7-8,10,16H2,1-2H3,(H,17,18)/t11-/m0/s1. The van der Waals surface area contributed by atoms with Crippen molar-refractivity contribution >= 4 is 5.91 Å². The predicted octanol–water partition coefficient (Wildman–Crippen LogP) is 2.14. The molecule has 2 rings (SSSR count). The Balaban J connectivity index is 1.92. The Morgan fingerprint density at radius 3 is 2.84 bits per heavy atom. The van der Waals surface area contributed by atoms with Gasteiger partial charge in [0.2, 0.25) is 5.91 Å². The van der Waals surface area contributed by atoms with Crippen LogP contribution in [-0.4, -0.2) is 18.6 Å². The van der Waals surface area contributed by atoms with Crippen LogP contribution in [0.3, 0.4) is 0 Å². The Morgan fingerprint density at radius 2 is 2.26 bits per heavy atom. The molecule has 1 aliphatic carbocycles. The molecular weight excluding hydrogens is 240 g/mol. The largest absolute Gasteiger partial charge is 0.497 e. The van der Waals surface area contributed by atoms with Gasteiger partial charge in [0.15, 0.2) is 0 Å². The van der Waals surface area contributed by atoms with E-state index in [-0.39, 0.29) is 17.5 Å². The molecule has 104 valence electrons. The fourth-order valence-electron chi connectivity index (χ4n) is 2.41. The number of nitrogens with two attached hydrogens (primary N) is 1. The van der Waals surface area contributed by atoms with E-state index in [4.69, 9.17) is 10.5 Å². The second kappa shape index (κ2) is 5.61. The van der Waals surface area contributed by atoms with Crippen LogP contribution >= 0.6 is 0 Å². The fourth-order valence-corrected chi connectivity index (χ4v) is 2.41. The number of methoxy groups -OCH3 is 1. The van der Waals surface area contributed by atoms with E-state index in [1.165, 1.54) is 0 Å². The Morgan fingerprint density at radius 1 is 1.53 bits per heavy atom. The summed E-state index contributed by atoms with van der Waals surface area (Å²) in [5.74, 6) is 0.824. The maximum absolute atomic E-state index is 12.0. The number of hydrogen-bond acceptors (Lipinski definition) is 3. The highest BCUT2D eigenvalue weighted by Crippen LogP contribution is 2.32. The van der Waals surface area contributed by atoms with Gasteiger partial charge >= 0.3 is 0 Å². The number of benzene rings is 1. The van der Waals surface area contributed by atoms with Crippen LogP contribution in [-0.2, 0) is 4.79 Å². The van der Waals surface area contributed by atoms with E-state index >= 15 is 0 Å². The number of carbonyl (C=O) groups excluding carboxylic acids is 1. The van der Waals surface area contributed by atoms with Crippen LogP contribution in [0.15, 0.2) is 24.3 Å². The van der Waals surface area contributed by atoms with Crippen LogP contribution in [0, 0.1) is 0 Å². The molecule has 1 aromatic carbocycles. The molecule has 0 radical (unpaired) electrons. The predicted molar refractivity (Wildman–Crippen MR) is 74.9 cm³/mol. The number of carbonyl (C=O) groups is 1. The Kier molecular flexibility index (Phi) is 4.10. The smallest absolute Gasteiger partial charge is 0.222 e. The van der Waals surface area contributed by atoms with Gasteiger partial charge in [-0.3, -0.25) is 4.79 Å². The number of rotatable bonds is 5. The second-order valence-corrected chi connectivity index (χ2v) is 5.46. The van der Waals surface area contributed by atoms with Crippen molar-refractivity contribution < 1.29 is 9.53 Å². The highest BCUT2D eigenvalue weighted by molar-refractivity contribution is 5.77. The summed E-state index contributed by atoms with van der Waals surface area (Å²) < 4.78 is 5.18. The first-order valence-electron chi connectivity index (χ1n) is 6.75. The Labute approximate surface area is 114 Å². The molecule has 1 aliphatic rings. The van der Waals surface area contributed by atoms with Crippen molar-refractivity contribution in [3.63, 3.8) is 0 Å². The average molecular weight is 262 g/mol. The van der Waals surface area contributed by atoms with E-state index in [1.807, 2.05) is 31.2 Å². The highest BCUT2D eigenvalue weighted by atomic mass is 16.5. The second-order valence-electron chi connectivity index (χ2n) is 5.46.